The molecule has 0 atom stereocenters. The number of amides is 1. The number of aromatic nitrogens is 3. The van der Waals surface area contributed by atoms with Crippen molar-refractivity contribution in [2.45, 2.75) is 6.54 Å². The summed E-state index contributed by atoms with van der Waals surface area (Å²) in [5.41, 5.74) is 4.42. The number of para-hydroxylation sites is 1. The van der Waals surface area contributed by atoms with Crippen molar-refractivity contribution in [3.8, 4) is 17.2 Å². The van der Waals surface area contributed by atoms with Crippen LogP contribution in [-0.2, 0) is 11.3 Å². The summed E-state index contributed by atoms with van der Waals surface area (Å²) >= 11 is 0. The van der Waals surface area contributed by atoms with Gasteiger partial charge in [-0.25, -0.2) is 9.97 Å². The Morgan fingerprint density at radius 3 is 2.59 bits per heavy atom. The largest absolute Gasteiger partial charge is 0.367 e. The lowest BCUT2D eigenvalue weighted by atomic mass is 10.0. The van der Waals surface area contributed by atoms with Crippen LogP contribution in [0.5, 0.6) is 0 Å². The molecule has 1 aliphatic heterocycles. The molecule has 0 unspecified atom stereocenters. The average Bonchev–Trinajstić information content (AvgIpc) is 3.27. The first-order chi connectivity index (χ1) is 15.7. The van der Waals surface area contributed by atoms with Crippen molar-refractivity contribution >= 4 is 22.6 Å². The lowest BCUT2D eigenvalue weighted by Gasteiger charge is -2.37. The summed E-state index contributed by atoms with van der Waals surface area (Å²) in [6.07, 6.45) is 5.42. The van der Waals surface area contributed by atoms with Crippen LogP contribution in [0.3, 0.4) is 0 Å². The molecule has 1 saturated heterocycles. The predicted octanol–water partition coefficient (Wildman–Crippen LogP) is 3.32. The molecule has 4 aromatic rings. The first-order valence-corrected chi connectivity index (χ1v) is 10.6. The number of pyridine rings is 2. The minimum absolute atomic E-state index is 0.109. The Kier molecular flexibility index (Phi) is 5.26. The van der Waals surface area contributed by atoms with E-state index in [0.717, 1.165) is 40.9 Å². The predicted molar refractivity (Wildman–Crippen MR) is 123 cm³/mol. The summed E-state index contributed by atoms with van der Waals surface area (Å²) in [5.74, 6) is 0.109. The van der Waals surface area contributed by atoms with Gasteiger partial charge in [-0.2, -0.15) is 5.26 Å². The van der Waals surface area contributed by atoms with Gasteiger partial charge in [-0.15, -0.1) is 0 Å². The van der Waals surface area contributed by atoms with Gasteiger partial charge in [0.25, 0.3) is 0 Å². The molecule has 1 aromatic carbocycles. The van der Waals surface area contributed by atoms with Crippen molar-refractivity contribution in [1.29, 1.82) is 5.26 Å². The number of hydrogen-bond acceptors (Lipinski definition) is 5. The van der Waals surface area contributed by atoms with Crippen molar-refractivity contribution in [3.63, 3.8) is 0 Å². The van der Waals surface area contributed by atoms with E-state index >= 15 is 0 Å². The van der Waals surface area contributed by atoms with Crippen LogP contribution in [0.4, 0.5) is 5.69 Å². The van der Waals surface area contributed by atoms with Gasteiger partial charge in [0.05, 0.1) is 0 Å². The number of rotatable bonds is 4. The van der Waals surface area contributed by atoms with Crippen LogP contribution in [0, 0.1) is 11.3 Å². The van der Waals surface area contributed by atoms with Crippen LogP contribution in [-0.4, -0.2) is 51.5 Å². The van der Waals surface area contributed by atoms with E-state index in [-0.39, 0.29) is 5.91 Å². The molecule has 0 aliphatic carbocycles. The molecule has 1 amide bonds. The minimum atomic E-state index is 0.109. The first-order valence-electron chi connectivity index (χ1n) is 10.6. The maximum Gasteiger partial charge on any atom is 0.242 e. The number of fused-ring (bicyclic) bond motifs is 1. The van der Waals surface area contributed by atoms with E-state index < -0.39 is 0 Å². The van der Waals surface area contributed by atoms with E-state index in [4.69, 9.17) is 5.26 Å². The number of nitriles is 1. The Balaban J connectivity index is 1.28. The fraction of sp³-hybridized carbons (Fsp3) is 0.200. The minimum Gasteiger partial charge on any atom is -0.367 e. The molecular weight excluding hydrogens is 400 g/mol. The number of hydrogen-bond donors (Lipinski definition) is 0. The standard InChI is InChI=1S/C25H22N6O/c26-16-21-8-7-20(17-28-21)22-5-1-2-6-23(22)29-12-14-30(15-13-29)24(32)18-31-11-9-19-4-3-10-27-25(19)31/h1-11,17H,12-15,18H2. The Morgan fingerprint density at radius 2 is 1.81 bits per heavy atom. The van der Waals surface area contributed by atoms with E-state index in [2.05, 4.69) is 33.1 Å². The molecule has 158 valence electrons. The summed E-state index contributed by atoms with van der Waals surface area (Å²) in [4.78, 5) is 25.8. The number of benzene rings is 1. The fourth-order valence-corrected chi connectivity index (χ4v) is 4.20. The highest BCUT2D eigenvalue weighted by atomic mass is 16.2. The molecular formula is C25H22N6O. The number of carbonyl (C=O) groups excluding carboxylic acids is 1. The Labute approximate surface area is 186 Å². The molecule has 0 saturated carbocycles. The summed E-state index contributed by atoms with van der Waals surface area (Å²) in [5, 5.41) is 10.0. The summed E-state index contributed by atoms with van der Waals surface area (Å²) in [6.45, 7) is 3.17. The Morgan fingerprint density at radius 1 is 0.969 bits per heavy atom. The van der Waals surface area contributed by atoms with Gasteiger partial charge in [-0.3, -0.25) is 4.79 Å². The van der Waals surface area contributed by atoms with Crippen molar-refractivity contribution in [2.75, 3.05) is 31.1 Å². The second-order valence-electron chi connectivity index (χ2n) is 7.79. The highest BCUT2D eigenvalue weighted by Crippen LogP contribution is 2.31. The van der Waals surface area contributed by atoms with Gasteiger partial charge in [0.15, 0.2) is 0 Å². The van der Waals surface area contributed by atoms with Crippen molar-refractivity contribution in [3.05, 3.63) is 78.9 Å². The number of nitrogens with zero attached hydrogens (tertiary/aromatic N) is 6. The van der Waals surface area contributed by atoms with Gasteiger partial charge in [0, 0.05) is 67.0 Å². The average molecular weight is 422 g/mol. The number of anilines is 1. The summed E-state index contributed by atoms with van der Waals surface area (Å²) < 4.78 is 1.91. The molecule has 4 heterocycles. The van der Waals surface area contributed by atoms with Crippen LogP contribution in [0.15, 0.2) is 73.2 Å². The quantitative estimate of drug-likeness (QED) is 0.504. The third-order valence-corrected chi connectivity index (χ3v) is 5.89. The van der Waals surface area contributed by atoms with Gasteiger partial charge < -0.3 is 14.4 Å². The van der Waals surface area contributed by atoms with Gasteiger partial charge >= 0.3 is 0 Å². The lowest BCUT2D eigenvalue weighted by Crippen LogP contribution is -2.49. The van der Waals surface area contributed by atoms with E-state index in [1.165, 1.54) is 0 Å². The highest BCUT2D eigenvalue weighted by Gasteiger charge is 2.23. The summed E-state index contributed by atoms with van der Waals surface area (Å²) in [7, 11) is 0. The fourth-order valence-electron chi connectivity index (χ4n) is 4.20. The van der Waals surface area contributed by atoms with Crippen LogP contribution in [0.2, 0.25) is 0 Å². The Bertz CT molecular complexity index is 1300. The monoisotopic (exact) mass is 422 g/mol. The van der Waals surface area contributed by atoms with Gasteiger partial charge in [0.2, 0.25) is 5.91 Å². The molecule has 1 fully saturated rings. The first kappa shape index (κ1) is 19.8. The maximum atomic E-state index is 12.9. The maximum absolute atomic E-state index is 12.9. The number of carbonyl (C=O) groups is 1. The van der Waals surface area contributed by atoms with Gasteiger partial charge in [0.1, 0.15) is 24.0 Å². The van der Waals surface area contributed by atoms with Gasteiger partial charge in [-0.05, 0) is 36.4 Å². The molecule has 0 spiro atoms. The van der Waals surface area contributed by atoms with Crippen LogP contribution >= 0.6 is 0 Å². The molecule has 5 rings (SSSR count). The third kappa shape index (κ3) is 3.79. The highest BCUT2D eigenvalue weighted by molar-refractivity contribution is 5.82. The van der Waals surface area contributed by atoms with Crippen LogP contribution in [0.1, 0.15) is 5.69 Å². The van der Waals surface area contributed by atoms with E-state index in [1.807, 2.05) is 52.1 Å². The SMILES string of the molecule is N#Cc1ccc(-c2ccccc2N2CCN(C(=O)Cn3ccc4cccnc43)CC2)cn1. The third-order valence-electron chi connectivity index (χ3n) is 5.89. The van der Waals surface area contributed by atoms with E-state index in [0.29, 0.717) is 25.3 Å². The summed E-state index contributed by atoms with van der Waals surface area (Å²) in [6, 6.07) is 19.8. The van der Waals surface area contributed by atoms with Gasteiger partial charge in [-0.1, -0.05) is 18.2 Å². The van der Waals surface area contributed by atoms with Crippen molar-refractivity contribution in [1.82, 2.24) is 19.4 Å². The molecule has 0 bridgehead atoms. The molecule has 3 aromatic heterocycles. The smallest absolute Gasteiger partial charge is 0.242 e. The zero-order valence-corrected chi connectivity index (χ0v) is 17.6. The van der Waals surface area contributed by atoms with E-state index in [1.54, 1.807) is 18.5 Å². The second-order valence-corrected chi connectivity index (χ2v) is 7.79. The molecule has 0 radical (unpaired) electrons. The molecule has 7 heteroatoms. The topological polar surface area (TPSA) is 78.0 Å². The molecule has 7 nitrogen and oxygen atoms in total. The normalized spacial score (nSPS) is 13.8. The molecule has 1 aliphatic rings. The molecule has 0 N–H and O–H groups in total. The lowest BCUT2D eigenvalue weighted by molar-refractivity contribution is -0.132. The van der Waals surface area contributed by atoms with Crippen LogP contribution in [0.25, 0.3) is 22.2 Å². The van der Waals surface area contributed by atoms with Crippen LogP contribution < -0.4 is 4.90 Å². The van der Waals surface area contributed by atoms with Crippen molar-refractivity contribution in [2.24, 2.45) is 0 Å². The van der Waals surface area contributed by atoms with E-state index in [9.17, 15) is 4.79 Å². The zero-order valence-electron chi connectivity index (χ0n) is 17.6. The second kappa shape index (κ2) is 8.52. The zero-order chi connectivity index (χ0) is 21.9. The van der Waals surface area contributed by atoms with Crippen molar-refractivity contribution < 1.29 is 4.79 Å². The number of piperazine rings is 1. The Hall–Kier alpha value is -4.18. The molecule has 32 heavy (non-hydrogen) atoms.